The molecule has 0 aliphatic heterocycles. The van der Waals surface area contributed by atoms with Gasteiger partial charge in [0.25, 0.3) is 0 Å². The molecule has 6 nitrogen and oxygen atoms in total. The van der Waals surface area contributed by atoms with E-state index in [0.29, 0.717) is 12.5 Å². The van der Waals surface area contributed by atoms with Crippen LogP contribution in [0.4, 0.5) is 0 Å². The maximum Gasteiger partial charge on any atom is 0.191 e. The molecule has 0 fully saturated rings. The van der Waals surface area contributed by atoms with Gasteiger partial charge in [-0.3, -0.25) is 4.99 Å². The van der Waals surface area contributed by atoms with Gasteiger partial charge in [0.2, 0.25) is 0 Å². The molecule has 27 heavy (non-hydrogen) atoms. The number of benzene rings is 1. The molecule has 0 radical (unpaired) electrons. The van der Waals surface area contributed by atoms with Crippen LogP contribution in [0, 0.1) is 0 Å². The minimum absolute atomic E-state index is 0. The van der Waals surface area contributed by atoms with Gasteiger partial charge >= 0.3 is 0 Å². The van der Waals surface area contributed by atoms with Crippen LogP contribution in [-0.2, 0) is 11.2 Å². The maximum absolute atomic E-state index is 10.1. The van der Waals surface area contributed by atoms with Gasteiger partial charge in [-0.2, -0.15) is 0 Å². The molecule has 1 heterocycles. The van der Waals surface area contributed by atoms with E-state index in [4.69, 9.17) is 9.15 Å². The Labute approximate surface area is 178 Å². The average molecular weight is 487 g/mol. The first-order valence-corrected chi connectivity index (χ1v) is 9.08. The van der Waals surface area contributed by atoms with Crippen LogP contribution in [0.25, 0.3) is 0 Å². The number of nitrogens with zero attached hydrogens (tertiary/aromatic N) is 1. The van der Waals surface area contributed by atoms with Gasteiger partial charge in [-0.15, -0.1) is 24.0 Å². The maximum atomic E-state index is 10.1. The first-order valence-electron chi connectivity index (χ1n) is 9.08. The van der Waals surface area contributed by atoms with Crippen molar-refractivity contribution in [2.45, 2.75) is 32.5 Å². The van der Waals surface area contributed by atoms with Crippen molar-refractivity contribution >= 4 is 29.9 Å². The van der Waals surface area contributed by atoms with E-state index in [1.54, 1.807) is 6.26 Å². The number of aliphatic hydroxyl groups excluding tert-OH is 1. The Balaban J connectivity index is 0.00000364. The summed E-state index contributed by atoms with van der Waals surface area (Å²) in [5.74, 6) is 1.60. The van der Waals surface area contributed by atoms with Crippen LogP contribution in [-0.4, -0.2) is 43.4 Å². The van der Waals surface area contributed by atoms with Crippen LogP contribution in [0.2, 0.25) is 0 Å². The molecule has 2 aromatic rings. The van der Waals surface area contributed by atoms with Gasteiger partial charge in [0.05, 0.1) is 31.6 Å². The van der Waals surface area contributed by atoms with Crippen molar-refractivity contribution in [2.24, 2.45) is 4.99 Å². The number of rotatable bonds is 10. The number of aliphatic hydroxyl groups is 1. The van der Waals surface area contributed by atoms with Crippen molar-refractivity contribution in [2.75, 3.05) is 26.2 Å². The third-order valence-corrected chi connectivity index (χ3v) is 3.86. The summed E-state index contributed by atoms with van der Waals surface area (Å²) in [6.07, 6.45) is 1.73. The molecule has 1 aromatic heterocycles. The molecule has 3 N–H and O–H groups in total. The van der Waals surface area contributed by atoms with Gasteiger partial charge in [0, 0.05) is 19.5 Å². The lowest BCUT2D eigenvalue weighted by atomic mass is 10.1. The summed E-state index contributed by atoms with van der Waals surface area (Å²) in [7, 11) is 0. The lowest BCUT2D eigenvalue weighted by Crippen LogP contribution is -2.39. The van der Waals surface area contributed by atoms with Crippen LogP contribution >= 0.6 is 24.0 Å². The first-order chi connectivity index (χ1) is 12.7. The van der Waals surface area contributed by atoms with Crippen molar-refractivity contribution in [1.82, 2.24) is 10.6 Å². The Morgan fingerprint density at radius 2 is 1.96 bits per heavy atom. The highest BCUT2D eigenvalue weighted by atomic mass is 127. The number of furan rings is 1. The smallest absolute Gasteiger partial charge is 0.191 e. The van der Waals surface area contributed by atoms with Crippen molar-refractivity contribution in [1.29, 1.82) is 0 Å². The number of ether oxygens (including phenoxy) is 1. The van der Waals surface area contributed by atoms with Crippen molar-refractivity contribution in [3.05, 3.63) is 60.1 Å². The van der Waals surface area contributed by atoms with E-state index in [-0.39, 0.29) is 43.2 Å². The Kier molecular flexibility index (Phi) is 11.8. The van der Waals surface area contributed by atoms with Crippen LogP contribution in [0.1, 0.15) is 31.3 Å². The van der Waals surface area contributed by atoms with E-state index in [0.717, 1.165) is 24.3 Å². The second-order valence-electron chi connectivity index (χ2n) is 6.02. The lowest BCUT2D eigenvalue weighted by molar-refractivity contribution is 0.00111. The minimum Gasteiger partial charge on any atom is -0.469 e. The zero-order valence-corrected chi connectivity index (χ0v) is 18.3. The Bertz CT molecular complexity index is 635. The number of nitrogens with one attached hydrogen (secondary N) is 2. The molecular formula is C20H30IN3O3. The quantitative estimate of drug-likeness (QED) is 0.273. The molecule has 2 atom stereocenters. The molecular weight excluding hydrogens is 457 g/mol. The van der Waals surface area contributed by atoms with E-state index >= 15 is 0 Å². The fourth-order valence-corrected chi connectivity index (χ4v) is 2.43. The average Bonchev–Trinajstić information content (AvgIpc) is 3.18. The molecule has 0 aliphatic rings. The normalized spacial score (nSPS) is 13.5. The van der Waals surface area contributed by atoms with Gasteiger partial charge in [0.15, 0.2) is 5.96 Å². The topological polar surface area (TPSA) is 79.0 Å². The van der Waals surface area contributed by atoms with Crippen LogP contribution in [0.15, 0.2) is 58.1 Å². The number of halogens is 1. The lowest BCUT2D eigenvalue weighted by Gasteiger charge is -2.16. The molecule has 0 saturated carbocycles. The summed E-state index contributed by atoms with van der Waals surface area (Å²) in [6.45, 7) is 5.96. The number of aliphatic imine (C=N–C) groups is 1. The third-order valence-electron chi connectivity index (χ3n) is 3.86. The SMILES string of the molecule is CCNC(=NCC(O)COC(C)c1ccccc1)NCCc1ccco1.I. The van der Waals surface area contributed by atoms with Crippen molar-refractivity contribution in [3.8, 4) is 0 Å². The van der Waals surface area contributed by atoms with Gasteiger partial charge in [-0.25, -0.2) is 0 Å². The van der Waals surface area contributed by atoms with Gasteiger partial charge in [0.1, 0.15) is 5.76 Å². The van der Waals surface area contributed by atoms with E-state index in [2.05, 4.69) is 15.6 Å². The van der Waals surface area contributed by atoms with E-state index in [9.17, 15) is 5.11 Å². The largest absolute Gasteiger partial charge is 0.469 e. The Morgan fingerprint density at radius 1 is 1.19 bits per heavy atom. The standard InChI is InChI=1S/C20H29N3O3.HI/c1-3-21-20(22-12-11-19-10-7-13-25-19)23-14-18(24)15-26-16(2)17-8-5-4-6-9-17;/h4-10,13,16,18,24H,3,11-12,14-15H2,1-2H3,(H2,21,22,23);1H. The molecule has 0 spiro atoms. The summed E-state index contributed by atoms with van der Waals surface area (Å²) in [6, 6.07) is 13.8. The summed E-state index contributed by atoms with van der Waals surface area (Å²) in [5, 5.41) is 16.5. The summed E-state index contributed by atoms with van der Waals surface area (Å²) < 4.78 is 11.0. The zero-order chi connectivity index (χ0) is 18.6. The number of hydrogen-bond donors (Lipinski definition) is 3. The third kappa shape index (κ3) is 9.25. The van der Waals surface area contributed by atoms with Crippen LogP contribution in [0.5, 0.6) is 0 Å². The van der Waals surface area contributed by atoms with Crippen molar-refractivity contribution in [3.63, 3.8) is 0 Å². The predicted molar refractivity (Wildman–Crippen MR) is 119 cm³/mol. The summed E-state index contributed by atoms with van der Waals surface area (Å²) in [4.78, 5) is 4.42. The zero-order valence-electron chi connectivity index (χ0n) is 15.9. The highest BCUT2D eigenvalue weighted by molar-refractivity contribution is 14.0. The molecule has 2 rings (SSSR count). The molecule has 0 aliphatic carbocycles. The fourth-order valence-electron chi connectivity index (χ4n) is 2.43. The molecule has 0 bridgehead atoms. The van der Waals surface area contributed by atoms with E-state index < -0.39 is 6.10 Å². The molecule has 0 amide bonds. The Hall–Kier alpha value is -1.58. The van der Waals surface area contributed by atoms with Crippen molar-refractivity contribution < 1.29 is 14.3 Å². The summed E-state index contributed by atoms with van der Waals surface area (Å²) >= 11 is 0. The number of hydrogen-bond acceptors (Lipinski definition) is 4. The van der Waals surface area contributed by atoms with Gasteiger partial charge < -0.3 is 24.9 Å². The predicted octanol–water partition coefficient (Wildman–Crippen LogP) is 3.13. The molecule has 0 saturated heterocycles. The van der Waals surface area contributed by atoms with Crippen LogP contribution in [0.3, 0.4) is 0 Å². The van der Waals surface area contributed by atoms with E-state index in [1.165, 1.54) is 0 Å². The minimum atomic E-state index is -0.651. The first kappa shape index (κ1) is 23.5. The fraction of sp³-hybridized carbons (Fsp3) is 0.450. The second kappa shape index (κ2) is 13.6. The van der Waals surface area contributed by atoms with Gasteiger partial charge in [-0.1, -0.05) is 30.3 Å². The monoisotopic (exact) mass is 487 g/mol. The number of guanidine groups is 1. The molecule has 150 valence electrons. The van der Waals surface area contributed by atoms with Gasteiger partial charge in [-0.05, 0) is 31.5 Å². The second-order valence-corrected chi connectivity index (χ2v) is 6.02. The highest BCUT2D eigenvalue weighted by Gasteiger charge is 2.10. The molecule has 1 aromatic carbocycles. The van der Waals surface area contributed by atoms with Crippen LogP contribution < -0.4 is 10.6 Å². The summed E-state index contributed by atoms with van der Waals surface area (Å²) in [5.41, 5.74) is 1.09. The molecule has 2 unspecified atom stereocenters. The highest BCUT2D eigenvalue weighted by Crippen LogP contribution is 2.15. The molecule has 7 heteroatoms. The Morgan fingerprint density at radius 3 is 2.63 bits per heavy atom. The van der Waals surface area contributed by atoms with E-state index in [1.807, 2.05) is 56.3 Å².